The summed E-state index contributed by atoms with van der Waals surface area (Å²) in [6.07, 6.45) is 4.44. The highest BCUT2D eigenvalue weighted by atomic mass is 79.9. The molecule has 1 aromatic rings. The quantitative estimate of drug-likeness (QED) is 0.763. The van der Waals surface area contributed by atoms with Crippen molar-refractivity contribution in [3.05, 3.63) is 28.2 Å². The standard InChI is InChI=1S/C16H24BrNO2/c1-2-3-12(6-7-19)10-18-11-15-9-13-8-14(17)4-5-16(13)20-15/h4-5,8,12,15,18-19H,2-3,6-7,9-11H2,1H3. The van der Waals surface area contributed by atoms with Crippen LogP contribution in [0.3, 0.4) is 0 Å². The second kappa shape index (κ2) is 8.01. The topological polar surface area (TPSA) is 41.5 Å². The Morgan fingerprint density at radius 2 is 2.30 bits per heavy atom. The molecule has 4 heteroatoms. The van der Waals surface area contributed by atoms with Crippen LogP contribution in [0, 0.1) is 5.92 Å². The number of nitrogens with one attached hydrogen (secondary N) is 1. The number of aliphatic hydroxyl groups excluding tert-OH is 1. The van der Waals surface area contributed by atoms with E-state index in [1.807, 2.05) is 12.1 Å². The first-order valence-electron chi connectivity index (χ1n) is 7.49. The van der Waals surface area contributed by atoms with Crippen LogP contribution in [0.15, 0.2) is 22.7 Å². The summed E-state index contributed by atoms with van der Waals surface area (Å²) >= 11 is 3.50. The molecule has 0 aliphatic carbocycles. The zero-order valence-electron chi connectivity index (χ0n) is 12.1. The van der Waals surface area contributed by atoms with Crippen molar-refractivity contribution in [2.24, 2.45) is 5.92 Å². The van der Waals surface area contributed by atoms with Crippen molar-refractivity contribution in [3.63, 3.8) is 0 Å². The molecule has 0 fully saturated rings. The molecular formula is C16H24BrNO2. The second-order valence-corrected chi connectivity index (χ2v) is 6.44. The van der Waals surface area contributed by atoms with E-state index in [4.69, 9.17) is 9.84 Å². The monoisotopic (exact) mass is 341 g/mol. The van der Waals surface area contributed by atoms with E-state index in [-0.39, 0.29) is 12.7 Å². The molecule has 2 unspecified atom stereocenters. The minimum atomic E-state index is 0.232. The van der Waals surface area contributed by atoms with Gasteiger partial charge in [-0.15, -0.1) is 0 Å². The molecule has 1 aliphatic rings. The van der Waals surface area contributed by atoms with Crippen molar-refractivity contribution in [1.82, 2.24) is 5.32 Å². The molecule has 0 saturated carbocycles. The van der Waals surface area contributed by atoms with Crippen LogP contribution in [0.4, 0.5) is 0 Å². The van der Waals surface area contributed by atoms with Gasteiger partial charge in [0.25, 0.3) is 0 Å². The highest BCUT2D eigenvalue weighted by molar-refractivity contribution is 9.10. The average Bonchev–Trinajstić information content (AvgIpc) is 2.81. The van der Waals surface area contributed by atoms with E-state index in [9.17, 15) is 0 Å². The summed E-state index contributed by atoms with van der Waals surface area (Å²) in [5.74, 6) is 1.59. The largest absolute Gasteiger partial charge is 0.488 e. The molecule has 0 radical (unpaired) electrons. The summed E-state index contributed by atoms with van der Waals surface area (Å²) < 4.78 is 7.04. The van der Waals surface area contributed by atoms with E-state index in [1.165, 1.54) is 18.4 Å². The molecule has 0 bridgehead atoms. The Bertz CT molecular complexity index is 419. The van der Waals surface area contributed by atoms with Crippen molar-refractivity contribution >= 4 is 15.9 Å². The molecule has 112 valence electrons. The van der Waals surface area contributed by atoms with Crippen LogP contribution >= 0.6 is 15.9 Å². The summed E-state index contributed by atoms with van der Waals surface area (Å²) in [7, 11) is 0. The molecule has 2 N–H and O–H groups in total. The van der Waals surface area contributed by atoms with Gasteiger partial charge in [-0.25, -0.2) is 0 Å². The minimum absolute atomic E-state index is 0.232. The lowest BCUT2D eigenvalue weighted by Crippen LogP contribution is -2.33. The lowest BCUT2D eigenvalue weighted by molar-refractivity contribution is 0.215. The predicted molar refractivity (Wildman–Crippen MR) is 85.2 cm³/mol. The Morgan fingerprint density at radius 3 is 3.05 bits per heavy atom. The van der Waals surface area contributed by atoms with Gasteiger partial charge in [-0.05, 0) is 49.1 Å². The molecule has 1 aliphatic heterocycles. The highest BCUT2D eigenvalue weighted by Gasteiger charge is 2.22. The molecular weight excluding hydrogens is 318 g/mol. The van der Waals surface area contributed by atoms with E-state index in [0.29, 0.717) is 5.92 Å². The van der Waals surface area contributed by atoms with Gasteiger partial charge in [0.15, 0.2) is 0 Å². The van der Waals surface area contributed by atoms with Crippen molar-refractivity contribution in [3.8, 4) is 5.75 Å². The van der Waals surface area contributed by atoms with Crippen LogP contribution in [0.5, 0.6) is 5.75 Å². The van der Waals surface area contributed by atoms with E-state index in [0.717, 1.165) is 36.2 Å². The first-order chi connectivity index (χ1) is 9.72. The van der Waals surface area contributed by atoms with Gasteiger partial charge in [0.05, 0.1) is 0 Å². The molecule has 2 rings (SSSR count). The molecule has 3 nitrogen and oxygen atoms in total. The molecule has 20 heavy (non-hydrogen) atoms. The normalized spacial score (nSPS) is 18.6. The fourth-order valence-corrected chi connectivity index (χ4v) is 3.20. The maximum Gasteiger partial charge on any atom is 0.123 e. The molecule has 0 saturated heterocycles. The third-order valence-corrected chi connectivity index (χ3v) is 4.30. The van der Waals surface area contributed by atoms with Crippen molar-refractivity contribution < 1.29 is 9.84 Å². The van der Waals surface area contributed by atoms with Crippen LogP contribution in [-0.2, 0) is 6.42 Å². The van der Waals surface area contributed by atoms with Gasteiger partial charge in [-0.1, -0.05) is 29.3 Å². The SMILES string of the molecule is CCCC(CCO)CNCC1Cc2cc(Br)ccc2O1. The van der Waals surface area contributed by atoms with Crippen molar-refractivity contribution in [2.75, 3.05) is 19.7 Å². The molecule has 0 amide bonds. The Hall–Kier alpha value is -0.580. The van der Waals surface area contributed by atoms with Gasteiger partial charge in [0.2, 0.25) is 0 Å². The number of rotatable bonds is 8. The zero-order chi connectivity index (χ0) is 14.4. The number of hydrogen-bond acceptors (Lipinski definition) is 3. The number of fused-ring (bicyclic) bond motifs is 1. The predicted octanol–water partition coefficient (Wildman–Crippen LogP) is 3.14. The van der Waals surface area contributed by atoms with Gasteiger partial charge in [0.1, 0.15) is 11.9 Å². The van der Waals surface area contributed by atoms with Gasteiger partial charge in [-0.3, -0.25) is 0 Å². The first kappa shape index (κ1) is 15.8. The van der Waals surface area contributed by atoms with Crippen LogP contribution in [0.2, 0.25) is 0 Å². The summed E-state index contributed by atoms with van der Waals surface area (Å²) in [6, 6.07) is 6.19. The highest BCUT2D eigenvalue weighted by Crippen LogP contribution is 2.30. The van der Waals surface area contributed by atoms with E-state index in [2.05, 4.69) is 34.2 Å². The van der Waals surface area contributed by atoms with Crippen LogP contribution in [0.1, 0.15) is 31.7 Å². The number of ether oxygens (including phenoxy) is 1. The summed E-state index contributed by atoms with van der Waals surface area (Å²) in [4.78, 5) is 0. The third kappa shape index (κ3) is 4.47. The lowest BCUT2D eigenvalue weighted by atomic mass is 10.00. The number of hydrogen-bond donors (Lipinski definition) is 2. The van der Waals surface area contributed by atoms with E-state index < -0.39 is 0 Å². The van der Waals surface area contributed by atoms with Gasteiger partial charge in [0, 0.05) is 24.0 Å². The second-order valence-electron chi connectivity index (χ2n) is 5.52. The van der Waals surface area contributed by atoms with Crippen LogP contribution in [-0.4, -0.2) is 30.9 Å². The maximum absolute atomic E-state index is 9.06. The van der Waals surface area contributed by atoms with Crippen LogP contribution in [0.25, 0.3) is 0 Å². The Balaban J connectivity index is 1.74. The minimum Gasteiger partial charge on any atom is -0.488 e. The van der Waals surface area contributed by atoms with Crippen molar-refractivity contribution in [2.45, 2.75) is 38.7 Å². The van der Waals surface area contributed by atoms with Gasteiger partial charge in [-0.2, -0.15) is 0 Å². The van der Waals surface area contributed by atoms with E-state index >= 15 is 0 Å². The first-order valence-corrected chi connectivity index (χ1v) is 8.29. The Morgan fingerprint density at radius 1 is 1.45 bits per heavy atom. The third-order valence-electron chi connectivity index (χ3n) is 3.80. The number of benzene rings is 1. The molecule has 2 atom stereocenters. The van der Waals surface area contributed by atoms with Crippen molar-refractivity contribution in [1.29, 1.82) is 0 Å². The zero-order valence-corrected chi connectivity index (χ0v) is 13.7. The fraction of sp³-hybridized carbons (Fsp3) is 0.625. The van der Waals surface area contributed by atoms with Crippen LogP contribution < -0.4 is 10.1 Å². The maximum atomic E-state index is 9.06. The lowest BCUT2D eigenvalue weighted by Gasteiger charge is -2.17. The Kier molecular flexibility index (Phi) is 6.33. The smallest absolute Gasteiger partial charge is 0.123 e. The van der Waals surface area contributed by atoms with Gasteiger partial charge < -0.3 is 15.2 Å². The summed E-state index contributed by atoms with van der Waals surface area (Å²) in [5, 5.41) is 12.6. The fourth-order valence-electron chi connectivity index (χ4n) is 2.79. The summed E-state index contributed by atoms with van der Waals surface area (Å²) in [5.41, 5.74) is 1.28. The average molecular weight is 342 g/mol. The van der Waals surface area contributed by atoms with Gasteiger partial charge >= 0.3 is 0 Å². The summed E-state index contributed by atoms with van der Waals surface area (Å²) in [6.45, 7) is 4.32. The molecule has 1 aromatic carbocycles. The number of aliphatic hydroxyl groups is 1. The Labute approximate surface area is 129 Å². The molecule has 1 heterocycles. The number of halogens is 1. The van der Waals surface area contributed by atoms with E-state index in [1.54, 1.807) is 0 Å². The molecule has 0 aromatic heterocycles. The molecule has 0 spiro atoms.